The van der Waals surface area contributed by atoms with E-state index in [9.17, 15) is 9.65 Å². The molecule has 0 saturated heterocycles. The first-order valence-electron chi connectivity index (χ1n) is 7.91. The van der Waals surface area contributed by atoms with E-state index in [-0.39, 0.29) is 17.2 Å². The Morgan fingerprint density at radius 2 is 2.08 bits per heavy atom. The van der Waals surface area contributed by atoms with E-state index in [1.54, 1.807) is 37.5 Å². The second kappa shape index (κ2) is 8.86. The van der Waals surface area contributed by atoms with Crippen molar-refractivity contribution in [2.45, 2.75) is 26.4 Å². The summed E-state index contributed by atoms with van der Waals surface area (Å²) in [5.74, 6) is 0.844. The van der Waals surface area contributed by atoms with Crippen molar-refractivity contribution in [2.24, 2.45) is 0 Å². The summed E-state index contributed by atoms with van der Waals surface area (Å²) in [5, 5.41) is 9.42. The van der Waals surface area contributed by atoms with Crippen LogP contribution in [0.1, 0.15) is 31.4 Å². The Balaban J connectivity index is 2.48. The molecule has 0 N–H and O–H groups in total. The molecule has 0 spiro atoms. The summed E-state index contributed by atoms with van der Waals surface area (Å²) in [6, 6.07) is 12.0. The van der Waals surface area contributed by atoms with Gasteiger partial charge < -0.3 is 9.47 Å². The van der Waals surface area contributed by atoms with Crippen molar-refractivity contribution < 1.29 is 13.9 Å². The van der Waals surface area contributed by atoms with Crippen LogP contribution in [-0.2, 0) is 0 Å². The lowest BCUT2D eigenvalue weighted by molar-refractivity contribution is 0.206. The molecule has 0 amide bonds. The monoisotopic (exact) mass is 451 g/mol. The average molecular weight is 451 g/mol. The van der Waals surface area contributed by atoms with Gasteiger partial charge in [0.05, 0.1) is 28.4 Å². The van der Waals surface area contributed by atoms with Gasteiger partial charge in [-0.25, -0.2) is 4.39 Å². The molecule has 0 radical (unpaired) electrons. The fourth-order valence-corrected chi connectivity index (χ4v) is 2.99. The lowest BCUT2D eigenvalue weighted by atomic mass is 10.0. The van der Waals surface area contributed by atoms with E-state index in [2.05, 4.69) is 35.6 Å². The summed E-state index contributed by atoms with van der Waals surface area (Å²) >= 11 is 2.17. The zero-order chi connectivity index (χ0) is 18.4. The first kappa shape index (κ1) is 19.3. The van der Waals surface area contributed by atoms with E-state index in [0.717, 1.165) is 15.6 Å². The molecule has 0 bridgehead atoms. The van der Waals surface area contributed by atoms with Crippen molar-refractivity contribution in [1.29, 1.82) is 5.26 Å². The van der Waals surface area contributed by atoms with Gasteiger partial charge in [-0.05, 0) is 65.8 Å². The van der Waals surface area contributed by atoms with E-state index >= 15 is 0 Å². The predicted molar refractivity (Wildman–Crippen MR) is 106 cm³/mol. The molecule has 0 fully saturated rings. The summed E-state index contributed by atoms with van der Waals surface area (Å²) in [4.78, 5) is 0. The van der Waals surface area contributed by atoms with E-state index in [0.29, 0.717) is 11.5 Å². The maximum atomic E-state index is 14.0. The van der Waals surface area contributed by atoms with Crippen molar-refractivity contribution >= 4 is 34.2 Å². The Kier molecular flexibility index (Phi) is 6.82. The highest BCUT2D eigenvalue weighted by Crippen LogP contribution is 2.36. The Hall–Kier alpha value is -2.07. The number of halogens is 2. The van der Waals surface area contributed by atoms with Crippen LogP contribution in [0.4, 0.5) is 4.39 Å². The minimum atomic E-state index is -0.423. The van der Waals surface area contributed by atoms with E-state index in [4.69, 9.17) is 9.47 Å². The van der Waals surface area contributed by atoms with Crippen molar-refractivity contribution in [3.8, 4) is 17.6 Å². The summed E-state index contributed by atoms with van der Waals surface area (Å²) in [5.41, 5.74) is 1.28. The number of nitrogens with zero attached hydrogens (tertiary/aromatic N) is 1. The highest BCUT2D eigenvalue weighted by atomic mass is 127. The number of methoxy groups -OCH3 is 1. The van der Waals surface area contributed by atoms with E-state index in [1.165, 1.54) is 6.07 Å². The summed E-state index contributed by atoms with van der Waals surface area (Å²) in [6.45, 7) is 4.05. The quantitative estimate of drug-likeness (QED) is 0.323. The van der Waals surface area contributed by atoms with Crippen molar-refractivity contribution in [3.63, 3.8) is 0 Å². The Bertz CT molecular complexity index is 827. The van der Waals surface area contributed by atoms with E-state index in [1.807, 2.05) is 13.0 Å². The average Bonchev–Trinajstić information content (AvgIpc) is 2.62. The third kappa shape index (κ3) is 4.73. The minimum Gasteiger partial charge on any atom is -0.493 e. The molecule has 130 valence electrons. The van der Waals surface area contributed by atoms with Crippen LogP contribution in [0.3, 0.4) is 0 Å². The topological polar surface area (TPSA) is 42.2 Å². The Labute approximate surface area is 161 Å². The molecule has 2 rings (SSSR count). The van der Waals surface area contributed by atoms with Crippen LogP contribution < -0.4 is 9.47 Å². The van der Waals surface area contributed by atoms with Gasteiger partial charge in [-0.15, -0.1) is 0 Å². The number of nitriles is 1. The number of hydrogen-bond acceptors (Lipinski definition) is 3. The normalized spacial score (nSPS) is 12.4. The van der Waals surface area contributed by atoms with Crippen LogP contribution >= 0.6 is 22.6 Å². The highest BCUT2D eigenvalue weighted by molar-refractivity contribution is 14.1. The largest absolute Gasteiger partial charge is 0.493 e. The smallest absolute Gasteiger partial charge is 0.174 e. The van der Waals surface area contributed by atoms with Gasteiger partial charge in [-0.2, -0.15) is 5.26 Å². The zero-order valence-corrected chi connectivity index (χ0v) is 16.5. The summed E-state index contributed by atoms with van der Waals surface area (Å²) in [7, 11) is 1.57. The number of ether oxygens (including phenoxy) is 2. The number of rotatable bonds is 6. The molecular formula is C20H19FINO2. The van der Waals surface area contributed by atoms with Gasteiger partial charge in [-0.3, -0.25) is 0 Å². The molecule has 0 aromatic heterocycles. The van der Waals surface area contributed by atoms with Gasteiger partial charge in [0.25, 0.3) is 0 Å². The van der Waals surface area contributed by atoms with Crippen LogP contribution in [0.5, 0.6) is 11.5 Å². The predicted octanol–water partition coefficient (Wildman–Crippen LogP) is 5.68. The Morgan fingerprint density at radius 3 is 2.68 bits per heavy atom. The molecule has 0 aliphatic heterocycles. The van der Waals surface area contributed by atoms with Crippen molar-refractivity contribution in [2.75, 3.05) is 7.11 Å². The first-order chi connectivity index (χ1) is 12.0. The lowest BCUT2D eigenvalue weighted by Gasteiger charge is -2.17. The van der Waals surface area contributed by atoms with Gasteiger partial charge in [0.2, 0.25) is 0 Å². The second-order valence-corrected chi connectivity index (χ2v) is 6.68. The molecule has 1 atom stereocenters. The van der Waals surface area contributed by atoms with Gasteiger partial charge in [0, 0.05) is 5.56 Å². The molecule has 1 unspecified atom stereocenters. The van der Waals surface area contributed by atoms with Crippen LogP contribution in [0.25, 0.3) is 11.6 Å². The first-order valence-corrected chi connectivity index (χ1v) is 8.98. The van der Waals surface area contributed by atoms with Gasteiger partial charge in [0.15, 0.2) is 11.5 Å². The van der Waals surface area contributed by atoms with Crippen molar-refractivity contribution in [3.05, 3.63) is 56.9 Å². The van der Waals surface area contributed by atoms with Crippen LogP contribution in [0.15, 0.2) is 36.4 Å². The number of allylic oxidation sites excluding steroid dienone is 1. The molecule has 25 heavy (non-hydrogen) atoms. The van der Waals surface area contributed by atoms with Crippen LogP contribution in [0, 0.1) is 20.7 Å². The molecular weight excluding hydrogens is 432 g/mol. The van der Waals surface area contributed by atoms with Crippen LogP contribution in [-0.4, -0.2) is 13.2 Å². The lowest BCUT2D eigenvalue weighted by Crippen LogP contribution is -2.11. The summed E-state index contributed by atoms with van der Waals surface area (Å²) < 4.78 is 26.2. The molecule has 3 nitrogen and oxygen atoms in total. The van der Waals surface area contributed by atoms with Gasteiger partial charge in [-0.1, -0.05) is 25.1 Å². The van der Waals surface area contributed by atoms with Gasteiger partial charge in [0.1, 0.15) is 5.82 Å². The number of hydrogen-bond donors (Lipinski definition) is 0. The highest BCUT2D eigenvalue weighted by Gasteiger charge is 2.14. The molecule has 5 heteroatoms. The maximum absolute atomic E-state index is 14.0. The number of benzene rings is 2. The summed E-state index contributed by atoms with van der Waals surface area (Å²) in [6.07, 6.45) is 2.60. The molecule has 0 aliphatic rings. The zero-order valence-electron chi connectivity index (χ0n) is 14.3. The Morgan fingerprint density at radius 1 is 1.36 bits per heavy atom. The minimum absolute atomic E-state index is 0.0666. The van der Waals surface area contributed by atoms with Gasteiger partial charge >= 0.3 is 0 Å². The molecule has 2 aromatic carbocycles. The van der Waals surface area contributed by atoms with E-state index < -0.39 is 5.82 Å². The van der Waals surface area contributed by atoms with Crippen LogP contribution in [0.2, 0.25) is 0 Å². The van der Waals surface area contributed by atoms with Crippen molar-refractivity contribution in [1.82, 2.24) is 0 Å². The molecule has 2 aromatic rings. The third-order valence-electron chi connectivity index (χ3n) is 3.74. The standard InChI is InChI=1S/C20H19FINO2/c1-4-13(2)25-20-18(22)10-14(11-19(20)24-3)9-15(12-23)16-7-5-6-8-17(16)21/h5-11,13H,4H2,1-3H3. The molecule has 0 aliphatic carbocycles. The second-order valence-electron chi connectivity index (χ2n) is 5.52. The SMILES string of the molecule is CCC(C)Oc1c(I)cc(C=C(C#N)c2ccccc2F)cc1OC. The fraction of sp³-hybridized carbons (Fsp3) is 0.250. The fourth-order valence-electron chi connectivity index (χ4n) is 2.24. The maximum Gasteiger partial charge on any atom is 0.174 e. The molecule has 0 saturated carbocycles. The molecule has 0 heterocycles. The third-order valence-corrected chi connectivity index (χ3v) is 4.54.